The maximum absolute atomic E-state index is 13.3. The van der Waals surface area contributed by atoms with E-state index >= 15 is 0 Å². The van der Waals surface area contributed by atoms with Crippen molar-refractivity contribution in [3.63, 3.8) is 0 Å². The van der Waals surface area contributed by atoms with E-state index in [0.717, 1.165) is 18.5 Å². The van der Waals surface area contributed by atoms with Crippen LogP contribution in [0.5, 0.6) is 5.88 Å². The van der Waals surface area contributed by atoms with E-state index in [9.17, 15) is 23.1 Å². The number of aromatic nitrogens is 5. The number of rotatable bonds is 3. The molecule has 0 bridgehead atoms. The highest BCUT2D eigenvalue weighted by Gasteiger charge is 2.33. The third-order valence-corrected chi connectivity index (χ3v) is 4.01. The zero-order valence-corrected chi connectivity index (χ0v) is 14.4. The number of carbonyl (C=O) groups excluding carboxylic acids is 1. The van der Waals surface area contributed by atoms with Crippen LogP contribution in [0.25, 0.3) is 16.9 Å². The van der Waals surface area contributed by atoms with Gasteiger partial charge in [-0.3, -0.25) is 4.79 Å². The molecule has 0 fully saturated rings. The van der Waals surface area contributed by atoms with Gasteiger partial charge in [0.2, 0.25) is 5.88 Å². The molecule has 0 aliphatic heterocycles. The molecule has 4 rings (SSSR count). The fourth-order valence-corrected chi connectivity index (χ4v) is 2.72. The van der Waals surface area contributed by atoms with E-state index < -0.39 is 17.6 Å². The number of amides is 1. The number of alkyl halides is 3. The molecule has 0 saturated heterocycles. The van der Waals surface area contributed by atoms with Gasteiger partial charge in [-0.25, -0.2) is 19.5 Å². The molecule has 11 heteroatoms. The molecule has 2 N–H and O–H groups in total. The number of nitrogens with one attached hydrogen (secondary N) is 1. The Labute approximate surface area is 160 Å². The molecule has 3 heterocycles. The van der Waals surface area contributed by atoms with Crippen molar-refractivity contribution in [2.24, 2.45) is 0 Å². The van der Waals surface area contributed by atoms with Crippen LogP contribution < -0.4 is 5.32 Å². The summed E-state index contributed by atoms with van der Waals surface area (Å²) in [7, 11) is 0. The van der Waals surface area contributed by atoms with Crippen molar-refractivity contribution in [3.05, 3.63) is 66.4 Å². The summed E-state index contributed by atoms with van der Waals surface area (Å²) in [6.07, 6.45) is -0.779. The topological polar surface area (TPSA) is 105 Å². The highest BCUT2D eigenvalue weighted by Crippen LogP contribution is 2.36. The van der Waals surface area contributed by atoms with E-state index in [1.54, 1.807) is 0 Å². The van der Waals surface area contributed by atoms with Crippen molar-refractivity contribution >= 4 is 17.2 Å². The molecule has 1 aromatic carbocycles. The SMILES string of the molecule is O=C(Nc1cnn2ccc(-c3ccccc3C(F)(F)F)nc12)c1cc(O)ncn1. The van der Waals surface area contributed by atoms with Gasteiger partial charge in [0, 0.05) is 17.8 Å². The smallest absolute Gasteiger partial charge is 0.417 e. The first kappa shape index (κ1) is 18.3. The monoisotopic (exact) mass is 400 g/mol. The summed E-state index contributed by atoms with van der Waals surface area (Å²) in [4.78, 5) is 23.8. The number of halogens is 3. The van der Waals surface area contributed by atoms with E-state index in [2.05, 4.69) is 25.4 Å². The Balaban J connectivity index is 1.74. The second kappa shape index (κ2) is 6.86. The predicted molar refractivity (Wildman–Crippen MR) is 95.1 cm³/mol. The van der Waals surface area contributed by atoms with E-state index in [0.29, 0.717) is 0 Å². The van der Waals surface area contributed by atoms with Gasteiger partial charge >= 0.3 is 6.18 Å². The van der Waals surface area contributed by atoms with Crippen molar-refractivity contribution in [1.82, 2.24) is 24.6 Å². The first-order valence-electron chi connectivity index (χ1n) is 8.16. The number of hydrogen-bond acceptors (Lipinski definition) is 6. The van der Waals surface area contributed by atoms with Gasteiger partial charge in [-0.05, 0) is 12.1 Å². The highest BCUT2D eigenvalue weighted by atomic mass is 19.4. The van der Waals surface area contributed by atoms with Gasteiger partial charge in [-0.15, -0.1) is 0 Å². The van der Waals surface area contributed by atoms with E-state index in [1.165, 1.54) is 41.2 Å². The number of carbonyl (C=O) groups is 1. The highest BCUT2D eigenvalue weighted by molar-refractivity contribution is 6.04. The molecule has 0 saturated carbocycles. The zero-order chi connectivity index (χ0) is 20.6. The Morgan fingerprint density at radius 3 is 2.69 bits per heavy atom. The minimum absolute atomic E-state index is 0.0705. The molecular weight excluding hydrogens is 389 g/mol. The van der Waals surface area contributed by atoms with Gasteiger partial charge < -0.3 is 10.4 Å². The Hall–Kier alpha value is -4.02. The van der Waals surface area contributed by atoms with Crippen molar-refractivity contribution in [3.8, 4) is 17.1 Å². The molecule has 0 aliphatic rings. The lowest BCUT2D eigenvalue weighted by atomic mass is 10.0. The Bertz CT molecular complexity index is 1220. The van der Waals surface area contributed by atoms with Gasteiger partial charge in [-0.2, -0.15) is 18.3 Å². The molecule has 0 spiro atoms. The number of anilines is 1. The van der Waals surface area contributed by atoms with E-state index in [1.807, 2.05) is 0 Å². The minimum atomic E-state index is -4.54. The van der Waals surface area contributed by atoms with Crippen LogP contribution in [0.3, 0.4) is 0 Å². The molecular formula is C18H11F3N6O2. The van der Waals surface area contributed by atoms with E-state index in [4.69, 9.17) is 0 Å². The molecule has 0 unspecified atom stereocenters. The average molecular weight is 400 g/mol. The Morgan fingerprint density at radius 1 is 1.14 bits per heavy atom. The van der Waals surface area contributed by atoms with Gasteiger partial charge in [0.25, 0.3) is 5.91 Å². The van der Waals surface area contributed by atoms with Crippen molar-refractivity contribution in [1.29, 1.82) is 0 Å². The predicted octanol–water partition coefficient (Wildman–Crippen LogP) is 3.16. The number of benzene rings is 1. The molecule has 8 nitrogen and oxygen atoms in total. The number of fused-ring (bicyclic) bond motifs is 1. The minimum Gasteiger partial charge on any atom is -0.493 e. The fraction of sp³-hybridized carbons (Fsp3) is 0.0556. The maximum Gasteiger partial charge on any atom is 0.417 e. The molecule has 29 heavy (non-hydrogen) atoms. The summed E-state index contributed by atoms with van der Waals surface area (Å²) < 4.78 is 41.3. The van der Waals surface area contributed by atoms with Crippen LogP contribution in [-0.4, -0.2) is 35.6 Å². The van der Waals surface area contributed by atoms with Crippen LogP contribution in [0.15, 0.2) is 55.1 Å². The Morgan fingerprint density at radius 2 is 1.93 bits per heavy atom. The summed E-state index contributed by atoms with van der Waals surface area (Å²) in [6.45, 7) is 0. The first-order valence-corrected chi connectivity index (χ1v) is 8.16. The molecule has 3 aromatic heterocycles. The fourth-order valence-electron chi connectivity index (χ4n) is 2.72. The molecule has 0 aliphatic carbocycles. The molecule has 0 atom stereocenters. The lowest BCUT2D eigenvalue weighted by Crippen LogP contribution is -2.14. The summed E-state index contributed by atoms with van der Waals surface area (Å²) in [5.41, 5.74) is -0.637. The average Bonchev–Trinajstić information content (AvgIpc) is 3.09. The lowest BCUT2D eigenvalue weighted by molar-refractivity contribution is -0.137. The number of hydrogen-bond donors (Lipinski definition) is 2. The van der Waals surface area contributed by atoms with Crippen LogP contribution in [0, 0.1) is 0 Å². The van der Waals surface area contributed by atoms with Crippen LogP contribution in [0.4, 0.5) is 18.9 Å². The second-order valence-corrected chi connectivity index (χ2v) is 5.90. The van der Waals surface area contributed by atoms with Gasteiger partial charge in [0.15, 0.2) is 5.65 Å². The number of nitrogens with zero attached hydrogens (tertiary/aromatic N) is 5. The van der Waals surface area contributed by atoms with Crippen LogP contribution >= 0.6 is 0 Å². The van der Waals surface area contributed by atoms with Gasteiger partial charge in [-0.1, -0.05) is 18.2 Å². The van der Waals surface area contributed by atoms with Crippen LogP contribution in [0.2, 0.25) is 0 Å². The van der Waals surface area contributed by atoms with Crippen molar-refractivity contribution in [2.45, 2.75) is 6.18 Å². The number of aromatic hydroxyl groups is 1. The zero-order valence-electron chi connectivity index (χ0n) is 14.4. The summed E-state index contributed by atoms with van der Waals surface area (Å²) >= 11 is 0. The third-order valence-electron chi connectivity index (χ3n) is 4.01. The normalized spacial score (nSPS) is 11.6. The van der Waals surface area contributed by atoms with Gasteiger partial charge in [0.05, 0.1) is 17.5 Å². The largest absolute Gasteiger partial charge is 0.493 e. The maximum atomic E-state index is 13.3. The van der Waals surface area contributed by atoms with Crippen LogP contribution in [-0.2, 0) is 6.18 Å². The molecule has 146 valence electrons. The van der Waals surface area contributed by atoms with Crippen molar-refractivity contribution < 1.29 is 23.1 Å². The first-order chi connectivity index (χ1) is 13.8. The molecule has 4 aromatic rings. The third kappa shape index (κ3) is 3.57. The van der Waals surface area contributed by atoms with Crippen molar-refractivity contribution in [2.75, 3.05) is 5.32 Å². The summed E-state index contributed by atoms with van der Waals surface area (Å²) in [5.74, 6) is -1.05. The summed E-state index contributed by atoms with van der Waals surface area (Å²) in [5, 5.41) is 15.9. The standard InChI is InChI=1S/C18H11F3N6O2/c19-18(20,21)11-4-2-1-3-10(11)12-5-6-27-16(25-12)14(8-24-27)26-17(29)13-7-15(28)23-9-22-13/h1-9H,(H,26,29)(H,22,23,28). The summed E-state index contributed by atoms with van der Waals surface area (Å²) in [6, 6.07) is 7.55. The van der Waals surface area contributed by atoms with Crippen LogP contribution in [0.1, 0.15) is 16.1 Å². The molecule has 0 radical (unpaired) electrons. The van der Waals surface area contributed by atoms with E-state index in [-0.39, 0.29) is 34.2 Å². The quantitative estimate of drug-likeness (QED) is 0.547. The molecule has 1 amide bonds. The lowest BCUT2D eigenvalue weighted by Gasteiger charge is -2.12. The Kier molecular flexibility index (Phi) is 4.34. The van der Waals surface area contributed by atoms with Gasteiger partial charge in [0.1, 0.15) is 17.7 Å². The second-order valence-electron chi connectivity index (χ2n) is 5.90.